The lowest BCUT2D eigenvalue weighted by Crippen LogP contribution is -1.91. The van der Waals surface area contributed by atoms with Gasteiger partial charge < -0.3 is 5.11 Å². The van der Waals surface area contributed by atoms with Crippen LogP contribution >= 0.6 is 0 Å². The topological polar surface area (TPSA) is 33.1 Å². The molecule has 0 amide bonds. The molecule has 0 aromatic carbocycles. The third-order valence-corrected chi connectivity index (χ3v) is 1.26. The Morgan fingerprint density at radius 2 is 2.27 bits per heavy atom. The summed E-state index contributed by atoms with van der Waals surface area (Å²) in [6.45, 7) is -0.219. The number of hydrogen-bond acceptors (Lipinski definition) is 2. The number of aliphatic hydroxyl groups is 1. The molecule has 0 bridgehead atoms. The molecule has 0 saturated carbocycles. The van der Waals surface area contributed by atoms with E-state index in [9.17, 15) is 8.78 Å². The zero-order valence-corrected chi connectivity index (χ0v) is 5.67. The molecule has 0 saturated heterocycles. The third-order valence-electron chi connectivity index (χ3n) is 1.26. The second-order valence-corrected chi connectivity index (χ2v) is 2.04. The first kappa shape index (κ1) is 8.07. The van der Waals surface area contributed by atoms with E-state index in [1.165, 1.54) is 12.1 Å². The van der Waals surface area contributed by atoms with E-state index in [2.05, 4.69) is 4.98 Å². The average Bonchev–Trinajstić information content (AvgIpc) is 2.05. The molecule has 1 N–H and O–H groups in total. The highest BCUT2D eigenvalue weighted by Gasteiger charge is 2.05. The van der Waals surface area contributed by atoms with Gasteiger partial charge in [-0.05, 0) is 12.1 Å². The van der Waals surface area contributed by atoms with E-state index >= 15 is 0 Å². The molecule has 0 radical (unpaired) electrons. The van der Waals surface area contributed by atoms with Crippen LogP contribution in [0, 0.1) is 0 Å². The van der Waals surface area contributed by atoms with Gasteiger partial charge in [0, 0.05) is 13.2 Å². The van der Waals surface area contributed by atoms with Gasteiger partial charge in [-0.2, -0.15) is 0 Å². The van der Waals surface area contributed by atoms with Crippen molar-refractivity contribution >= 4 is 0 Å². The Hall–Kier alpha value is -1.03. The maximum absolute atomic E-state index is 11.9. The molecule has 0 aliphatic rings. The van der Waals surface area contributed by atoms with Crippen molar-refractivity contribution in [3.05, 3.63) is 29.6 Å². The SMILES string of the molecule is OCc1ccc(C(F)F)cn1.[HH]. The van der Waals surface area contributed by atoms with E-state index in [1.54, 1.807) is 0 Å². The summed E-state index contributed by atoms with van der Waals surface area (Å²) in [4.78, 5) is 3.59. The van der Waals surface area contributed by atoms with Crippen molar-refractivity contribution in [2.75, 3.05) is 0 Å². The Morgan fingerprint density at radius 3 is 2.64 bits per heavy atom. The second-order valence-electron chi connectivity index (χ2n) is 2.04. The zero-order valence-electron chi connectivity index (χ0n) is 5.67. The van der Waals surface area contributed by atoms with Gasteiger partial charge >= 0.3 is 0 Å². The fraction of sp³-hybridized carbons (Fsp3) is 0.286. The van der Waals surface area contributed by atoms with E-state index in [-0.39, 0.29) is 13.6 Å². The smallest absolute Gasteiger partial charge is 0.265 e. The van der Waals surface area contributed by atoms with E-state index in [1.807, 2.05) is 0 Å². The molecule has 0 fully saturated rings. The van der Waals surface area contributed by atoms with Crippen molar-refractivity contribution in [1.82, 2.24) is 4.98 Å². The maximum Gasteiger partial charge on any atom is 0.265 e. The first-order valence-corrected chi connectivity index (χ1v) is 3.08. The lowest BCUT2D eigenvalue weighted by molar-refractivity contribution is 0.150. The second kappa shape index (κ2) is 3.39. The number of rotatable bonds is 2. The molecule has 1 heterocycles. The highest BCUT2D eigenvalue weighted by molar-refractivity contribution is 5.14. The molecule has 1 rings (SSSR count). The molecule has 1 aromatic heterocycles. The Bertz CT molecular complexity index is 227. The number of pyridine rings is 1. The fourth-order valence-electron chi connectivity index (χ4n) is 0.659. The van der Waals surface area contributed by atoms with Gasteiger partial charge in [0.15, 0.2) is 0 Å². The number of aliphatic hydroxyl groups excluding tert-OH is 1. The van der Waals surface area contributed by atoms with Crippen LogP contribution in [0.1, 0.15) is 19.1 Å². The summed E-state index contributed by atoms with van der Waals surface area (Å²) < 4.78 is 23.8. The normalized spacial score (nSPS) is 10.5. The number of aromatic nitrogens is 1. The number of hydrogen-bond donors (Lipinski definition) is 1. The van der Waals surface area contributed by atoms with Gasteiger partial charge in [-0.1, -0.05) is 0 Å². The first-order valence-electron chi connectivity index (χ1n) is 3.08. The van der Waals surface area contributed by atoms with Crippen LogP contribution in [-0.4, -0.2) is 10.1 Å². The zero-order chi connectivity index (χ0) is 8.27. The number of halogens is 2. The summed E-state index contributed by atoms with van der Waals surface area (Å²) in [6.07, 6.45) is -1.42. The molecule has 1 aromatic rings. The summed E-state index contributed by atoms with van der Waals surface area (Å²) in [5.74, 6) is 0. The predicted octanol–water partition coefficient (Wildman–Crippen LogP) is 1.76. The molecule has 0 aliphatic carbocycles. The fourth-order valence-corrected chi connectivity index (χ4v) is 0.659. The highest BCUT2D eigenvalue weighted by Crippen LogP contribution is 2.16. The Balaban J connectivity index is 0.00000121. The molecule has 62 valence electrons. The maximum atomic E-state index is 11.9. The van der Waals surface area contributed by atoms with Crippen LogP contribution < -0.4 is 0 Å². The summed E-state index contributed by atoms with van der Waals surface area (Å²) >= 11 is 0. The lowest BCUT2D eigenvalue weighted by atomic mass is 10.2. The molecule has 0 aliphatic heterocycles. The van der Waals surface area contributed by atoms with Gasteiger partial charge in [-0.3, -0.25) is 4.98 Å². The van der Waals surface area contributed by atoms with E-state index < -0.39 is 6.43 Å². The van der Waals surface area contributed by atoms with Gasteiger partial charge in [0.25, 0.3) is 6.43 Å². The van der Waals surface area contributed by atoms with Crippen molar-refractivity contribution < 1.29 is 15.3 Å². The molecular formula is C7H9F2NO. The quantitative estimate of drug-likeness (QED) is 0.716. The third kappa shape index (κ3) is 1.94. The van der Waals surface area contributed by atoms with E-state index in [0.29, 0.717) is 5.69 Å². The lowest BCUT2D eigenvalue weighted by Gasteiger charge is -1.98. The standard InChI is InChI=1S/C7H7F2NO.H2/c8-7(9)5-1-2-6(4-11)10-3-5;/h1-3,7,11H,4H2;1H. The van der Waals surface area contributed by atoms with Crippen molar-refractivity contribution in [2.45, 2.75) is 13.0 Å². The van der Waals surface area contributed by atoms with E-state index in [4.69, 9.17) is 5.11 Å². The first-order chi connectivity index (χ1) is 5.24. The molecular weight excluding hydrogens is 152 g/mol. The minimum absolute atomic E-state index is 0. The van der Waals surface area contributed by atoms with Crippen LogP contribution in [0.3, 0.4) is 0 Å². The Labute approximate surface area is 64.0 Å². The van der Waals surface area contributed by atoms with Gasteiger partial charge in [0.05, 0.1) is 12.3 Å². The van der Waals surface area contributed by atoms with Crippen LogP contribution in [-0.2, 0) is 6.61 Å². The van der Waals surface area contributed by atoms with Crippen molar-refractivity contribution in [3.8, 4) is 0 Å². The van der Waals surface area contributed by atoms with Gasteiger partial charge in [-0.25, -0.2) is 8.78 Å². The minimum atomic E-state index is -2.49. The van der Waals surface area contributed by atoms with Gasteiger partial charge in [0.1, 0.15) is 0 Å². The van der Waals surface area contributed by atoms with Crippen molar-refractivity contribution in [2.24, 2.45) is 0 Å². The van der Waals surface area contributed by atoms with Crippen LogP contribution in [0.4, 0.5) is 8.78 Å². The minimum Gasteiger partial charge on any atom is -0.390 e. The predicted molar refractivity (Wildman–Crippen MR) is 37.2 cm³/mol. The Kier molecular flexibility index (Phi) is 2.48. The largest absolute Gasteiger partial charge is 0.390 e. The van der Waals surface area contributed by atoms with Crippen LogP contribution in [0.15, 0.2) is 18.3 Å². The molecule has 2 nitrogen and oxygen atoms in total. The average molecular weight is 161 g/mol. The molecule has 11 heavy (non-hydrogen) atoms. The number of alkyl halides is 2. The molecule has 4 heteroatoms. The van der Waals surface area contributed by atoms with Gasteiger partial charge in [-0.15, -0.1) is 0 Å². The summed E-state index contributed by atoms with van der Waals surface area (Å²) in [5, 5.41) is 8.52. The number of nitrogens with zero attached hydrogens (tertiary/aromatic N) is 1. The van der Waals surface area contributed by atoms with Crippen LogP contribution in [0.5, 0.6) is 0 Å². The molecule has 0 spiro atoms. The highest BCUT2D eigenvalue weighted by atomic mass is 19.3. The molecule has 0 atom stereocenters. The Morgan fingerprint density at radius 1 is 1.55 bits per heavy atom. The van der Waals surface area contributed by atoms with Gasteiger partial charge in [0.2, 0.25) is 0 Å². The summed E-state index contributed by atoms with van der Waals surface area (Å²) in [7, 11) is 0. The van der Waals surface area contributed by atoms with E-state index in [0.717, 1.165) is 6.20 Å². The molecule has 0 unspecified atom stereocenters. The van der Waals surface area contributed by atoms with Crippen LogP contribution in [0.2, 0.25) is 0 Å². The van der Waals surface area contributed by atoms with Crippen molar-refractivity contribution in [3.63, 3.8) is 0 Å². The monoisotopic (exact) mass is 161 g/mol. The van der Waals surface area contributed by atoms with Crippen molar-refractivity contribution in [1.29, 1.82) is 0 Å². The summed E-state index contributed by atoms with van der Waals surface area (Å²) in [5.41, 5.74) is 0.275. The van der Waals surface area contributed by atoms with Crippen LogP contribution in [0.25, 0.3) is 0 Å². The summed E-state index contributed by atoms with van der Waals surface area (Å²) in [6, 6.07) is 2.63.